The summed E-state index contributed by atoms with van der Waals surface area (Å²) in [6.45, 7) is 5.08. The summed E-state index contributed by atoms with van der Waals surface area (Å²) in [6, 6.07) is 18.4. The van der Waals surface area contributed by atoms with E-state index in [0.29, 0.717) is 12.3 Å². The second kappa shape index (κ2) is 8.53. The van der Waals surface area contributed by atoms with Gasteiger partial charge in [-0.05, 0) is 68.6 Å². The van der Waals surface area contributed by atoms with Crippen molar-refractivity contribution in [2.45, 2.75) is 32.7 Å². The van der Waals surface area contributed by atoms with Gasteiger partial charge in [0.15, 0.2) is 0 Å². The molecule has 1 aliphatic rings. The summed E-state index contributed by atoms with van der Waals surface area (Å²) >= 11 is 0. The molecule has 1 saturated heterocycles. The predicted molar refractivity (Wildman–Crippen MR) is 114 cm³/mol. The summed E-state index contributed by atoms with van der Waals surface area (Å²) in [5.74, 6) is 0.596. The summed E-state index contributed by atoms with van der Waals surface area (Å²) in [6.07, 6.45) is 4.66. The number of anilines is 1. The Morgan fingerprint density at radius 1 is 1.07 bits per heavy atom. The number of pyridine rings is 1. The van der Waals surface area contributed by atoms with Gasteiger partial charge in [-0.2, -0.15) is 0 Å². The van der Waals surface area contributed by atoms with E-state index in [4.69, 9.17) is 0 Å². The van der Waals surface area contributed by atoms with Crippen LogP contribution in [0.4, 0.5) is 5.69 Å². The molecule has 0 radical (unpaired) electrons. The van der Waals surface area contributed by atoms with E-state index in [1.807, 2.05) is 43.5 Å². The number of aryl methyl sites for hydroxylation is 1. The number of para-hydroxylation sites is 1. The van der Waals surface area contributed by atoms with Gasteiger partial charge >= 0.3 is 0 Å². The monoisotopic (exact) mass is 373 g/mol. The molecule has 0 aliphatic carbocycles. The molecule has 1 aromatic heterocycles. The smallest absolute Gasteiger partial charge is 0.224 e. The minimum atomic E-state index is 0.127. The van der Waals surface area contributed by atoms with Crippen LogP contribution in [0.15, 0.2) is 60.8 Å². The van der Waals surface area contributed by atoms with Gasteiger partial charge < -0.3 is 5.32 Å². The number of fused-ring (bicyclic) bond motifs is 1. The van der Waals surface area contributed by atoms with Crippen LogP contribution in [0.2, 0.25) is 0 Å². The molecular formula is C24H27N3O. The summed E-state index contributed by atoms with van der Waals surface area (Å²) in [5, 5.41) is 4.27. The number of carbonyl (C=O) groups is 1. The molecule has 2 aromatic carbocycles. The van der Waals surface area contributed by atoms with Crippen LogP contribution in [0.5, 0.6) is 0 Å². The van der Waals surface area contributed by atoms with Crippen molar-refractivity contribution in [2.75, 3.05) is 18.4 Å². The lowest BCUT2D eigenvalue weighted by atomic mass is 9.92. The van der Waals surface area contributed by atoms with E-state index in [1.54, 1.807) is 0 Å². The van der Waals surface area contributed by atoms with Crippen LogP contribution in [0.3, 0.4) is 0 Å². The Balaban J connectivity index is 1.28. The Bertz CT molecular complexity index is 938. The third kappa shape index (κ3) is 4.57. The van der Waals surface area contributed by atoms with E-state index < -0.39 is 0 Å². The molecule has 4 heteroatoms. The standard InChI is InChI=1S/C24H27N3O/c1-18-6-8-21(9-7-18)26-24(28)16-19-11-14-27(15-12-19)17-20-10-13-25-23-5-3-2-4-22(20)23/h2-10,13,19H,11-12,14-17H2,1H3,(H,26,28). The SMILES string of the molecule is Cc1ccc(NC(=O)CC2CCN(Cc3ccnc4ccccc34)CC2)cc1. The molecule has 4 rings (SSSR count). The molecule has 2 heterocycles. The fourth-order valence-electron chi connectivity index (χ4n) is 3.99. The number of amides is 1. The topological polar surface area (TPSA) is 45.2 Å². The van der Waals surface area contributed by atoms with Gasteiger partial charge in [-0.15, -0.1) is 0 Å². The highest BCUT2D eigenvalue weighted by Gasteiger charge is 2.22. The first kappa shape index (κ1) is 18.6. The average Bonchev–Trinajstić information content (AvgIpc) is 2.71. The van der Waals surface area contributed by atoms with Crippen molar-refractivity contribution in [2.24, 2.45) is 5.92 Å². The molecule has 1 amide bonds. The van der Waals surface area contributed by atoms with E-state index >= 15 is 0 Å². The fourth-order valence-corrected chi connectivity index (χ4v) is 3.99. The van der Waals surface area contributed by atoms with Crippen LogP contribution < -0.4 is 5.32 Å². The molecule has 0 spiro atoms. The maximum Gasteiger partial charge on any atom is 0.224 e. The molecule has 1 aliphatic heterocycles. The van der Waals surface area contributed by atoms with Crippen LogP contribution in [0.25, 0.3) is 10.9 Å². The van der Waals surface area contributed by atoms with Crippen molar-refractivity contribution in [3.05, 3.63) is 71.9 Å². The number of aromatic nitrogens is 1. The first-order chi connectivity index (χ1) is 13.7. The van der Waals surface area contributed by atoms with E-state index in [1.165, 1.54) is 16.5 Å². The number of rotatable bonds is 5. The molecule has 0 unspecified atom stereocenters. The molecule has 0 atom stereocenters. The number of hydrogen-bond acceptors (Lipinski definition) is 3. The zero-order valence-electron chi connectivity index (χ0n) is 16.4. The third-order valence-electron chi connectivity index (χ3n) is 5.65. The number of nitrogens with zero attached hydrogens (tertiary/aromatic N) is 2. The molecule has 0 bridgehead atoms. The third-order valence-corrected chi connectivity index (χ3v) is 5.65. The summed E-state index contributed by atoms with van der Waals surface area (Å²) < 4.78 is 0. The van der Waals surface area contributed by atoms with Gasteiger partial charge in [-0.3, -0.25) is 14.7 Å². The Hall–Kier alpha value is -2.72. The number of piperidine rings is 1. The lowest BCUT2D eigenvalue weighted by Crippen LogP contribution is -2.34. The maximum atomic E-state index is 12.4. The van der Waals surface area contributed by atoms with Crippen LogP contribution in [-0.4, -0.2) is 28.9 Å². The fraction of sp³-hybridized carbons (Fsp3) is 0.333. The van der Waals surface area contributed by atoms with E-state index in [2.05, 4.69) is 39.5 Å². The van der Waals surface area contributed by atoms with Crippen molar-refractivity contribution < 1.29 is 4.79 Å². The van der Waals surface area contributed by atoms with Gasteiger partial charge in [0.05, 0.1) is 5.52 Å². The van der Waals surface area contributed by atoms with Crippen LogP contribution in [-0.2, 0) is 11.3 Å². The lowest BCUT2D eigenvalue weighted by Gasteiger charge is -2.32. The van der Waals surface area contributed by atoms with Crippen LogP contribution >= 0.6 is 0 Å². The number of hydrogen-bond donors (Lipinski definition) is 1. The van der Waals surface area contributed by atoms with Crippen molar-refractivity contribution in [1.82, 2.24) is 9.88 Å². The van der Waals surface area contributed by atoms with Gasteiger partial charge in [0.25, 0.3) is 0 Å². The summed E-state index contributed by atoms with van der Waals surface area (Å²) in [7, 11) is 0. The predicted octanol–water partition coefficient (Wildman–Crippen LogP) is 4.78. The number of nitrogens with one attached hydrogen (secondary N) is 1. The molecule has 144 valence electrons. The van der Waals surface area contributed by atoms with E-state index in [0.717, 1.165) is 43.7 Å². The molecule has 1 N–H and O–H groups in total. The molecule has 28 heavy (non-hydrogen) atoms. The minimum Gasteiger partial charge on any atom is -0.326 e. The molecule has 1 fully saturated rings. The summed E-state index contributed by atoms with van der Waals surface area (Å²) in [5.41, 5.74) is 4.48. The average molecular weight is 374 g/mol. The molecule has 4 nitrogen and oxygen atoms in total. The first-order valence-corrected chi connectivity index (χ1v) is 10.1. The molecule has 3 aromatic rings. The zero-order chi connectivity index (χ0) is 19.3. The largest absolute Gasteiger partial charge is 0.326 e. The maximum absolute atomic E-state index is 12.4. The number of likely N-dealkylation sites (tertiary alicyclic amines) is 1. The normalized spacial score (nSPS) is 15.6. The van der Waals surface area contributed by atoms with Crippen LogP contribution in [0, 0.1) is 12.8 Å². The first-order valence-electron chi connectivity index (χ1n) is 10.1. The summed E-state index contributed by atoms with van der Waals surface area (Å²) in [4.78, 5) is 19.3. The van der Waals surface area contributed by atoms with Crippen molar-refractivity contribution >= 4 is 22.5 Å². The van der Waals surface area contributed by atoms with Gasteiger partial charge in [0, 0.05) is 30.2 Å². The molecular weight excluding hydrogens is 346 g/mol. The Morgan fingerprint density at radius 2 is 1.82 bits per heavy atom. The van der Waals surface area contributed by atoms with Crippen molar-refractivity contribution in [3.8, 4) is 0 Å². The highest BCUT2D eigenvalue weighted by atomic mass is 16.1. The van der Waals surface area contributed by atoms with E-state index in [-0.39, 0.29) is 5.91 Å². The number of benzene rings is 2. The lowest BCUT2D eigenvalue weighted by molar-refractivity contribution is -0.117. The second-order valence-corrected chi connectivity index (χ2v) is 7.83. The Morgan fingerprint density at radius 3 is 2.61 bits per heavy atom. The zero-order valence-corrected chi connectivity index (χ0v) is 16.4. The minimum absolute atomic E-state index is 0.127. The number of carbonyl (C=O) groups excluding carboxylic acids is 1. The van der Waals surface area contributed by atoms with Crippen LogP contribution in [0.1, 0.15) is 30.4 Å². The van der Waals surface area contributed by atoms with Crippen molar-refractivity contribution in [1.29, 1.82) is 0 Å². The quantitative estimate of drug-likeness (QED) is 0.700. The Labute approximate surface area is 166 Å². The van der Waals surface area contributed by atoms with Gasteiger partial charge in [0.1, 0.15) is 0 Å². The van der Waals surface area contributed by atoms with Gasteiger partial charge in [-0.25, -0.2) is 0 Å². The van der Waals surface area contributed by atoms with E-state index in [9.17, 15) is 4.79 Å². The Kier molecular flexibility index (Phi) is 5.68. The highest BCUT2D eigenvalue weighted by molar-refractivity contribution is 5.90. The second-order valence-electron chi connectivity index (χ2n) is 7.83. The van der Waals surface area contributed by atoms with Crippen molar-refractivity contribution in [3.63, 3.8) is 0 Å². The van der Waals surface area contributed by atoms with Gasteiger partial charge in [0.2, 0.25) is 5.91 Å². The highest BCUT2D eigenvalue weighted by Crippen LogP contribution is 2.24. The van der Waals surface area contributed by atoms with Gasteiger partial charge in [-0.1, -0.05) is 35.9 Å². The molecule has 0 saturated carbocycles.